The number of hydrogen-bond acceptors (Lipinski definition) is 4. The number of carbonyl (C=O) groups is 1. The van der Waals surface area contributed by atoms with Crippen LogP contribution in [0.3, 0.4) is 0 Å². The Labute approximate surface area is 130 Å². The van der Waals surface area contributed by atoms with Gasteiger partial charge < -0.3 is 10.2 Å². The van der Waals surface area contributed by atoms with Gasteiger partial charge in [-0.1, -0.05) is 24.3 Å². The second-order valence-corrected chi connectivity index (χ2v) is 5.33. The second-order valence-electron chi connectivity index (χ2n) is 5.33. The Morgan fingerprint density at radius 1 is 1.41 bits per heavy atom. The van der Waals surface area contributed by atoms with Crippen molar-refractivity contribution < 1.29 is 4.79 Å². The van der Waals surface area contributed by atoms with Crippen LogP contribution < -0.4 is 5.32 Å². The average Bonchev–Trinajstić information content (AvgIpc) is 2.92. The number of rotatable bonds is 6. The van der Waals surface area contributed by atoms with Gasteiger partial charge in [-0.3, -0.25) is 9.89 Å². The van der Waals surface area contributed by atoms with Crippen molar-refractivity contribution >= 4 is 5.91 Å². The SMILES string of the molecule is Cc1nc(-c2cccc(CNC(=O)/C=C/CN(C)C)c2)n[nH]1. The van der Waals surface area contributed by atoms with Crippen LogP contribution in [-0.4, -0.2) is 46.6 Å². The number of likely N-dealkylation sites (N-methyl/N-ethyl adjacent to an activating group) is 1. The summed E-state index contributed by atoms with van der Waals surface area (Å²) in [5, 5.41) is 9.83. The van der Waals surface area contributed by atoms with E-state index in [9.17, 15) is 4.79 Å². The number of nitrogens with zero attached hydrogens (tertiary/aromatic N) is 3. The third-order valence-corrected chi connectivity index (χ3v) is 2.99. The predicted octanol–water partition coefficient (Wildman–Crippen LogP) is 1.51. The normalized spacial score (nSPS) is 11.3. The number of carbonyl (C=O) groups excluding carboxylic acids is 1. The summed E-state index contributed by atoms with van der Waals surface area (Å²) in [5.41, 5.74) is 1.94. The molecule has 0 saturated heterocycles. The van der Waals surface area contributed by atoms with E-state index >= 15 is 0 Å². The first-order chi connectivity index (χ1) is 10.5. The molecule has 6 heteroatoms. The zero-order valence-electron chi connectivity index (χ0n) is 13.1. The molecule has 2 rings (SSSR count). The van der Waals surface area contributed by atoms with Gasteiger partial charge in [0.2, 0.25) is 5.91 Å². The Hall–Kier alpha value is -2.47. The zero-order chi connectivity index (χ0) is 15.9. The fraction of sp³-hybridized carbons (Fsp3) is 0.312. The zero-order valence-corrected chi connectivity index (χ0v) is 13.1. The van der Waals surface area contributed by atoms with Crippen molar-refractivity contribution in [1.82, 2.24) is 25.4 Å². The van der Waals surface area contributed by atoms with Crippen LogP contribution in [0.15, 0.2) is 36.4 Å². The lowest BCUT2D eigenvalue weighted by Gasteiger charge is -2.05. The highest BCUT2D eigenvalue weighted by molar-refractivity contribution is 5.87. The van der Waals surface area contributed by atoms with E-state index in [2.05, 4.69) is 20.5 Å². The van der Waals surface area contributed by atoms with E-state index < -0.39 is 0 Å². The molecule has 0 aliphatic rings. The summed E-state index contributed by atoms with van der Waals surface area (Å²) in [6.07, 6.45) is 3.39. The lowest BCUT2D eigenvalue weighted by atomic mass is 10.1. The van der Waals surface area contributed by atoms with Gasteiger partial charge >= 0.3 is 0 Å². The monoisotopic (exact) mass is 299 g/mol. The molecule has 6 nitrogen and oxygen atoms in total. The summed E-state index contributed by atoms with van der Waals surface area (Å²) >= 11 is 0. The van der Waals surface area contributed by atoms with Crippen molar-refractivity contribution in [2.75, 3.05) is 20.6 Å². The topological polar surface area (TPSA) is 73.9 Å². The molecule has 0 fully saturated rings. The van der Waals surface area contributed by atoms with Crippen LogP contribution in [0.2, 0.25) is 0 Å². The van der Waals surface area contributed by atoms with Gasteiger partial charge in [-0.25, -0.2) is 4.98 Å². The van der Waals surface area contributed by atoms with Crippen molar-refractivity contribution in [3.05, 3.63) is 47.8 Å². The second kappa shape index (κ2) is 7.51. The number of H-pyrrole nitrogens is 1. The molecule has 1 heterocycles. The molecular formula is C16H21N5O. The van der Waals surface area contributed by atoms with E-state index in [0.29, 0.717) is 12.4 Å². The molecule has 0 bridgehead atoms. The van der Waals surface area contributed by atoms with Crippen molar-refractivity contribution in [2.45, 2.75) is 13.5 Å². The maximum absolute atomic E-state index is 11.7. The molecule has 0 aliphatic heterocycles. The van der Waals surface area contributed by atoms with E-state index in [1.54, 1.807) is 6.08 Å². The molecule has 0 aliphatic carbocycles. The number of aromatic amines is 1. The summed E-state index contributed by atoms with van der Waals surface area (Å²) < 4.78 is 0. The van der Waals surface area contributed by atoms with Crippen LogP contribution in [0.25, 0.3) is 11.4 Å². The molecule has 116 valence electrons. The van der Waals surface area contributed by atoms with Crippen LogP contribution in [0, 0.1) is 6.92 Å². The van der Waals surface area contributed by atoms with Crippen molar-refractivity contribution in [3.8, 4) is 11.4 Å². The highest BCUT2D eigenvalue weighted by atomic mass is 16.1. The molecule has 22 heavy (non-hydrogen) atoms. The van der Waals surface area contributed by atoms with Crippen LogP contribution in [-0.2, 0) is 11.3 Å². The summed E-state index contributed by atoms with van der Waals surface area (Å²) in [7, 11) is 3.91. The Morgan fingerprint density at radius 3 is 2.91 bits per heavy atom. The molecule has 2 aromatic rings. The fourth-order valence-electron chi connectivity index (χ4n) is 1.91. The smallest absolute Gasteiger partial charge is 0.243 e. The van der Waals surface area contributed by atoms with E-state index in [0.717, 1.165) is 23.5 Å². The number of aryl methyl sites for hydroxylation is 1. The molecule has 0 saturated carbocycles. The number of hydrogen-bond donors (Lipinski definition) is 2. The third kappa shape index (κ3) is 4.82. The van der Waals surface area contributed by atoms with Gasteiger partial charge in [0, 0.05) is 24.7 Å². The Bertz CT molecular complexity index is 660. The van der Waals surface area contributed by atoms with Gasteiger partial charge in [0.15, 0.2) is 5.82 Å². The molecular weight excluding hydrogens is 278 g/mol. The van der Waals surface area contributed by atoms with Crippen molar-refractivity contribution in [2.24, 2.45) is 0 Å². The number of amides is 1. The molecule has 1 amide bonds. The molecule has 1 aromatic carbocycles. The molecule has 0 radical (unpaired) electrons. The van der Waals surface area contributed by atoms with E-state index in [4.69, 9.17) is 0 Å². The van der Waals surface area contributed by atoms with Crippen molar-refractivity contribution in [3.63, 3.8) is 0 Å². The molecule has 0 unspecified atom stereocenters. The largest absolute Gasteiger partial charge is 0.348 e. The Balaban J connectivity index is 1.93. The van der Waals surface area contributed by atoms with E-state index in [-0.39, 0.29) is 5.91 Å². The number of aromatic nitrogens is 3. The number of benzene rings is 1. The molecule has 1 aromatic heterocycles. The summed E-state index contributed by atoms with van der Waals surface area (Å²) in [5.74, 6) is 1.34. The minimum absolute atomic E-state index is 0.0963. The molecule has 0 spiro atoms. The van der Waals surface area contributed by atoms with Crippen LogP contribution >= 0.6 is 0 Å². The first-order valence-corrected chi connectivity index (χ1v) is 7.12. The minimum Gasteiger partial charge on any atom is -0.348 e. The standard InChI is InChI=1S/C16H21N5O/c1-12-18-16(20-19-12)14-7-4-6-13(10-14)11-17-15(22)8-5-9-21(2)3/h4-8,10H,9,11H2,1-3H3,(H,17,22)(H,18,19,20)/b8-5+. The molecule has 0 atom stereocenters. The van der Waals surface area contributed by atoms with E-state index in [1.807, 2.05) is 56.3 Å². The number of nitrogens with one attached hydrogen (secondary N) is 2. The summed E-state index contributed by atoms with van der Waals surface area (Å²) in [6, 6.07) is 7.83. The van der Waals surface area contributed by atoms with Crippen LogP contribution in [0.1, 0.15) is 11.4 Å². The first kappa shape index (κ1) is 15.9. The maximum atomic E-state index is 11.7. The highest BCUT2D eigenvalue weighted by Gasteiger charge is 2.05. The quantitative estimate of drug-likeness (QED) is 0.793. The summed E-state index contributed by atoms with van der Waals surface area (Å²) in [6.45, 7) is 3.08. The predicted molar refractivity (Wildman–Crippen MR) is 86.1 cm³/mol. The molecule has 2 N–H and O–H groups in total. The van der Waals surface area contributed by atoms with Gasteiger partial charge in [0.25, 0.3) is 0 Å². The van der Waals surface area contributed by atoms with Gasteiger partial charge in [0.05, 0.1) is 0 Å². The van der Waals surface area contributed by atoms with Gasteiger partial charge in [-0.2, -0.15) is 5.10 Å². The van der Waals surface area contributed by atoms with Gasteiger partial charge in [0.1, 0.15) is 5.82 Å². The van der Waals surface area contributed by atoms with Crippen molar-refractivity contribution in [1.29, 1.82) is 0 Å². The highest BCUT2D eigenvalue weighted by Crippen LogP contribution is 2.16. The minimum atomic E-state index is -0.0963. The lowest BCUT2D eigenvalue weighted by Crippen LogP contribution is -2.21. The van der Waals surface area contributed by atoms with Gasteiger partial charge in [-0.15, -0.1) is 0 Å². The first-order valence-electron chi connectivity index (χ1n) is 7.12. The Morgan fingerprint density at radius 2 is 2.23 bits per heavy atom. The summed E-state index contributed by atoms with van der Waals surface area (Å²) in [4.78, 5) is 18.0. The fourth-order valence-corrected chi connectivity index (χ4v) is 1.91. The average molecular weight is 299 g/mol. The maximum Gasteiger partial charge on any atom is 0.243 e. The van der Waals surface area contributed by atoms with Gasteiger partial charge in [-0.05, 0) is 32.6 Å². The Kier molecular flexibility index (Phi) is 5.43. The van der Waals surface area contributed by atoms with Crippen LogP contribution in [0.4, 0.5) is 0 Å². The third-order valence-electron chi connectivity index (χ3n) is 2.99. The van der Waals surface area contributed by atoms with E-state index in [1.165, 1.54) is 0 Å². The van der Waals surface area contributed by atoms with Crippen LogP contribution in [0.5, 0.6) is 0 Å². The lowest BCUT2D eigenvalue weighted by molar-refractivity contribution is -0.116.